The lowest BCUT2D eigenvalue weighted by molar-refractivity contribution is -0.384. The molecule has 3 rings (SSSR count). The van der Waals surface area contributed by atoms with Gasteiger partial charge in [0, 0.05) is 23.5 Å². The lowest BCUT2D eigenvalue weighted by Gasteiger charge is -2.15. The van der Waals surface area contributed by atoms with E-state index in [9.17, 15) is 19.7 Å². The van der Waals surface area contributed by atoms with E-state index in [4.69, 9.17) is 0 Å². The number of aromatic nitrogens is 2. The summed E-state index contributed by atoms with van der Waals surface area (Å²) < 4.78 is 1.25. The molecule has 1 N–H and O–H groups in total. The topological polar surface area (TPSA) is 107 Å². The van der Waals surface area contributed by atoms with Crippen molar-refractivity contribution < 1.29 is 9.72 Å². The van der Waals surface area contributed by atoms with Gasteiger partial charge in [0.15, 0.2) is 5.69 Å². The van der Waals surface area contributed by atoms with Crippen molar-refractivity contribution >= 4 is 17.3 Å². The number of hydrogen-bond donors (Lipinski definition) is 1. The van der Waals surface area contributed by atoms with E-state index in [0.717, 1.165) is 11.1 Å². The monoisotopic (exact) mass is 406 g/mol. The Kier molecular flexibility index (Phi) is 6.06. The van der Waals surface area contributed by atoms with Crippen molar-refractivity contribution in [1.29, 1.82) is 0 Å². The molecule has 0 aliphatic rings. The zero-order valence-corrected chi connectivity index (χ0v) is 17.0. The van der Waals surface area contributed by atoms with Crippen LogP contribution in [0.5, 0.6) is 0 Å². The molecule has 1 amide bonds. The van der Waals surface area contributed by atoms with Crippen molar-refractivity contribution in [2.75, 3.05) is 5.32 Å². The Balaban J connectivity index is 2.09. The van der Waals surface area contributed by atoms with Crippen LogP contribution in [0.15, 0.2) is 53.3 Å². The Hall–Kier alpha value is -3.81. The first-order valence-corrected chi connectivity index (χ1v) is 9.64. The fourth-order valence-electron chi connectivity index (χ4n) is 3.32. The smallest absolute Gasteiger partial charge is 0.294 e. The Bertz CT molecular complexity index is 1160. The number of nitro groups is 1. The van der Waals surface area contributed by atoms with E-state index in [0.29, 0.717) is 24.2 Å². The fourth-order valence-corrected chi connectivity index (χ4v) is 3.32. The Labute approximate surface area is 173 Å². The van der Waals surface area contributed by atoms with Crippen LogP contribution in [-0.4, -0.2) is 20.6 Å². The molecule has 3 aromatic rings. The lowest BCUT2D eigenvalue weighted by atomic mass is 10.0. The Morgan fingerprint density at radius 2 is 1.73 bits per heavy atom. The highest BCUT2D eigenvalue weighted by atomic mass is 16.6. The number of amides is 1. The van der Waals surface area contributed by atoms with Gasteiger partial charge in [-0.3, -0.25) is 19.7 Å². The summed E-state index contributed by atoms with van der Waals surface area (Å²) in [4.78, 5) is 36.3. The molecule has 0 fully saturated rings. The van der Waals surface area contributed by atoms with Gasteiger partial charge in [0.05, 0.1) is 4.92 Å². The second kappa shape index (κ2) is 8.69. The number of carbonyl (C=O) groups is 1. The van der Waals surface area contributed by atoms with Crippen molar-refractivity contribution in [2.24, 2.45) is 0 Å². The van der Waals surface area contributed by atoms with Gasteiger partial charge >= 0.3 is 0 Å². The summed E-state index contributed by atoms with van der Waals surface area (Å²) in [5, 5.41) is 18.4. The number of nitro benzene ring substituents is 1. The second-order valence-corrected chi connectivity index (χ2v) is 6.77. The molecule has 0 aliphatic heterocycles. The van der Waals surface area contributed by atoms with E-state index in [2.05, 4.69) is 10.4 Å². The van der Waals surface area contributed by atoms with Gasteiger partial charge in [-0.15, -0.1) is 0 Å². The molecule has 8 nitrogen and oxygen atoms in total. The summed E-state index contributed by atoms with van der Waals surface area (Å²) in [5.41, 5.74) is 2.09. The van der Waals surface area contributed by atoms with Crippen LogP contribution in [0.4, 0.5) is 11.4 Å². The van der Waals surface area contributed by atoms with Gasteiger partial charge in [-0.2, -0.15) is 5.10 Å². The Morgan fingerprint density at radius 3 is 2.33 bits per heavy atom. The molecule has 0 atom stereocenters. The first-order valence-electron chi connectivity index (χ1n) is 9.64. The minimum atomic E-state index is -0.650. The summed E-state index contributed by atoms with van der Waals surface area (Å²) >= 11 is 0. The number of nitrogens with one attached hydrogen (secondary N) is 1. The average molecular weight is 406 g/mol. The molecule has 0 saturated carbocycles. The third kappa shape index (κ3) is 3.98. The maximum Gasteiger partial charge on any atom is 0.294 e. The number of aryl methyl sites for hydroxylation is 3. The van der Waals surface area contributed by atoms with Crippen molar-refractivity contribution in [3.8, 4) is 5.69 Å². The maximum atomic E-state index is 13.0. The first kappa shape index (κ1) is 20.9. The molecule has 0 spiro atoms. The van der Waals surface area contributed by atoms with Crippen LogP contribution in [0, 0.1) is 17.0 Å². The van der Waals surface area contributed by atoms with Crippen LogP contribution >= 0.6 is 0 Å². The molecule has 1 heterocycles. The largest absolute Gasteiger partial charge is 0.320 e. The lowest BCUT2D eigenvalue weighted by Crippen LogP contribution is -2.27. The third-order valence-corrected chi connectivity index (χ3v) is 4.87. The molecule has 154 valence electrons. The van der Waals surface area contributed by atoms with E-state index in [1.807, 2.05) is 32.0 Å². The van der Waals surface area contributed by atoms with E-state index in [-0.39, 0.29) is 17.1 Å². The van der Waals surface area contributed by atoms with Gasteiger partial charge < -0.3 is 5.32 Å². The van der Waals surface area contributed by atoms with Gasteiger partial charge in [0.25, 0.3) is 11.6 Å². The van der Waals surface area contributed by atoms with Gasteiger partial charge in [-0.05, 0) is 37.0 Å². The molecular formula is C22H22N4O4. The number of rotatable bonds is 6. The van der Waals surface area contributed by atoms with E-state index in [1.165, 1.54) is 22.9 Å². The molecule has 2 aromatic carbocycles. The molecule has 0 bridgehead atoms. The summed E-state index contributed by atoms with van der Waals surface area (Å²) in [5.74, 6) is -0.650. The number of hydrogen-bond acceptors (Lipinski definition) is 5. The summed E-state index contributed by atoms with van der Waals surface area (Å²) in [6.07, 6.45) is 1.43. The quantitative estimate of drug-likeness (QED) is 0.494. The number of para-hydroxylation sites is 3. The molecule has 0 radical (unpaired) electrons. The van der Waals surface area contributed by atoms with Crippen LogP contribution < -0.4 is 10.7 Å². The predicted octanol–water partition coefficient (Wildman–Crippen LogP) is 3.83. The minimum Gasteiger partial charge on any atom is -0.320 e. The van der Waals surface area contributed by atoms with Crippen LogP contribution in [0.3, 0.4) is 0 Å². The molecule has 1 aromatic heterocycles. The number of nitrogens with zero attached hydrogens (tertiary/aromatic N) is 3. The zero-order chi connectivity index (χ0) is 21.8. The standard InChI is InChI=1S/C22H22N4O4/c1-4-15-9-8-10-16(5-2)20(15)23-22(28)21-19(27)13-14(3)25(24-21)17-11-6-7-12-18(17)26(29)30/h6-13H,4-5H2,1-3H3,(H,23,28). The van der Waals surface area contributed by atoms with Crippen LogP contribution in [0.25, 0.3) is 5.69 Å². The van der Waals surface area contributed by atoms with Crippen molar-refractivity contribution in [3.63, 3.8) is 0 Å². The Morgan fingerprint density at radius 1 is 1.10 bits per heavy atom. The van der Waals surface area contributed by atoms with Crippen molar-refractivity contribution in [2.45, 2.75) is 33.6 Å². The van der Waals surface area contributed by atoms with Crippen molar-refractivity contribution in [3.05, 3.63) is 91.4 Å². The highest BCUT2D eigenvalue weighted by Crippen LogP contribution is 2.24. The van der Waals surface area contributed by atoms with Crippen LogP contribution in [0.2, 0.25) is 0 Å². The summed E-state index contributed by atoms with van der Waals surface area (Å²) in [6, 6.07) is 13.1. The minimum absolute atomic E-state index is 0.173. The van der Waals surface area contributed by atoms with E-state index >= 15 is 0 Å². The molecule has 0 saturated heterocycles. The van der Waals surface area contributed by atoms with Gasteiger partial charge in [-0.25, -0.2) is 4.68 Å². The highest BCUT2D eigenvalue weighted by Gasteiger charge is 2.21. The second-order valence-electron chi connectivity index (χ2n) is 6.77. The molecule has 30 heavy (non-hydrogen) atoms. The van der Waals surface area contributed by atoms with Gasteiger partial charge in [0.1, 0.15) is 5.69 Å². The summed E-state index contributed by atoms with van der Waals surface area (Å²) in [7, 11) is 0. The highest BCUT2D eigenvalue weighted by molar-refractivity contribution is 6.03. The average Bonchev–Trinajstić information content (AvgIpc) is 2.73. The van der Waals surface area contributed by atoms with Gasteiger partial charge in [-0.1, -0.05) is 44.2 Å². The maximum absolute atomic E-state index is 13.0. The zero-order valence-electron chi connectivity index (χ0n) is 17.0. The third-order valence-electron chi connectivity index (χ3n) is 4.87. The molecule has 0 unspecified atom stereocenters. The molecule has 8 heteroatoms. The number of benzene rings is 2. The summed E-state index contributed by atoms with van der Waals surface area (Å²) in [6.45, 7) is 5.57. The molecular weight excluding hydrogens is 384 g/mol. The van der Waals surface area contributed by atoms with E-state index < -0.39 is 16.3 Å². The number of carbonyl (C=O) groups excluding carboxylic acids is 1. The normalized spacial score (nSPS) is 10.6. The predicted molar refractivity (Wildman–Crippen MR) is 114 cm³/mol. The SMILES string of the molecule is CCc1cccc(CC)c1NC(=O)c1nn(-c2ccccc2[N+](=O)[O-])c(C)cc1=O. The first-order chi connectivity index (χ1) is 14.4. The van der Waals surface area contributed by atoms with Crippen molar-refractivity contribution in [1.82, 2.24) is 9.78 Å². The number of anilines is 1. The van der Waals surface area contributed by atoms with Crippen LogP contribution in [0.1, 0.15) is 41.2 Å². The van der Waals surface area contributed by atoms with Gasteiger partial charge in [0.2, 0.25) is 5.43 Å². The fraction of sp³-hybridized carbons (Fsp3) is 0.227. The molecule has 0 aliphatic carbocycles. The van der Waals surface area contributed by atoms with Crippen LogP contribution in [-0.2, 0) is 12.8 Å². The van der Waals surface area contributed by atoms with E-state index in [1.54, 1.807) is 19.1 Å².